The number of nitrogens with zero attached hydrogens (tertiary/aromatic N) is 8. The molecule has 6 heterocycles. The van der Waals surface area contributed by atoms with Crippen LogP contribution < -0.4 is 19.6 Å². The Morgan fingerprint density at radius 3 is 0.889 bits per heavy atom. The van der Waals surface area contributed by atoms with E-state index < -0.39 is 12.3 Å². The molecule has 282 valence electrons. The van der Waals surface area contributed by atoms with Crippen LogP contribution in [0.3, 0.4) is 0 Å². The largest absolute Gasteiger partial charge is 0.428 e. The fourth-order valence-electron chi connectivity index (χ4n) is 7.21. The minimum atomic E-state index is -0.657. The zero-order valence-corrected chi connectivity index (χ0v) is 33.8. The Balaban J connectivity index is 1.49. The number of aryl methyl sites for hydroxylation is 8. The second-order valence-corrected chi connectivity index (χ2v) is 16.8. The zero-order chi connectivity index (χ0) is 38.8. The van der Waals surface area contributed by atoms with Gasteiger partial charge in [-0.25, -0.2) is 0 Å². The van der Waals surface area contributed by atoms with Crippen LogP contribution in [0.2, 0.25) is 0 Å². The topological polar surface area (TPSA) is 117 Å². The van der Waals surface area contributed by atoms with E-state index in [1.165, 1.54) is 0 Å². The summed E-state index contributed by atoms with van der Waals surface area (Å²) in [4.78, 5) is 28.8. The van der Waals surface area contributed by atoms with E-state index >= 15 is 0 Å². The van der Waals surface area contributed by atoms with Crippen molar-refractivity contribution in [2.45, 2.75) is 120 Å². The first-order chi connectivity index (χ1) is 25.3. The quantitative estimate of drug-likeness (QED) is 0.168. The van der Waals surface area contributed by atoms with E-state index in [9.17, 15) is 0 Å². The summed E-state index contributed by atoms with van der Waals surface area (Å²) in [6.07, 6.45) is -1.31. The molecule has 0 amide bonds. The van der Waals surface area contributed by atoms with Crippen LogP contribution in [0.5, 0.6) is 0 Å². The Labute approximate surface area is 316 Å². The normalized spacial score (nSPS) is 17.3. The lowest BCUT2D eigenvalue weighted by atomic mass is 9.86. The Hall–Kier alpha value is -5.52. The molecule has 0 saturated heterocycles. The summed E-state index contributed by atoms with van der Waals surface area (Å²) in [5.41, 5.74) is 8.78. The van der Waals surface area contributed by atoms with Crippen LogP contribution in [0.25, 0.3) is 0 Å². The summed E-state index contributed by atoms with van der Waals surface area (Å²) in [6.45, 7) is 28.9. The van der Waals surface area contributed by atoms with Crippen LogP contribution in [0.4, 0.5) is 46.8 Å². The van der Waals surface area contributed by atoms with Gasteiger partial charge in [-0.05, 0) is 102 Å². The van der Waals surface area contributed by atoms with Crippen LogP contribution in [0.15, 0.2) is 54.1 Å². The molecule has 2 atom stereocenters. The maximum atomic E-state index is 6.57. The van der Waals surface area contributed by atoms with Gasteiger partial charge in [-0.3, -0.25) is 19.6 Å². The zero-order valence-electron chi connectivity index (χ0n) is 33.8. The lowest BCUT2D eigenvalue weighted by molar-refractivity contribution is 0.424. The molecule has 6 aromatic rings. The molecule has 2 unspecified atom stereocenters. The van der Waals surface area contributed by atoms with E-state index in [-0.39, 0.29) is 10.8 Å². The Morgan fingerprint density at radius 1 is 0.407 bits per heavy atom. The predicted molar refractivity (Wildman–Crippen MR) is 210 cm³/mol. The van der Waals surface area contributed by atoms with E-state index in [0.717, 1.165) is 79.7 Å². The lowest BCUT2D eigenvalue weighted by Crippen LogP contribution is -2.58. The Kier molecular flexibility index (Phi) is 7.89. The number of oxazole rings is 4. The van der Waals surface area contributed by atoms with Crippen molar-refractivity contribution < 1.29 is 17.7 Å². The average molecular weight is 731 g/mol. The minimum absolute atomic E-state index is 0.145. The van der Waals surface area contributed by atoms with Gasteiger partial charge in [0.05, 0.1) is 45.5 Å². The fourth-order valence-corrected chi connectivity index (χ4v) is 7.21. The first-order valence-corrected chi connectivity index (χ1v) is 18.6. The monoisotopic (exact) mass is 730 g/mol. The molecular weight excluding hydrogens is 681 g/mol. The molecule has 12 nitrogen and oxygen atoms in total. The average Bonchev–Trinajstić information content (AvgIpc) is 3.91. The van der Waals surface area contributed by atoms with Crippen LogP contribution in [0.1, 0.15) is 98.5 Å². The second kappa shape index (κ2) is 12.0. The van der Waals surface area contributed by atoms with E-state index in [1.54, 1.807) is 0 Å². The molecule has 2 aliphatic rings. The molecule has 0 aliphatic carbocycles. The highest BCUT2D eigenvalue weighted by atomic mass is 16.4. The van der Waals surface area contributed by atoms with Crippen molar-refractivity contribution in [3.05, 3.63) is 93.3 Å². The van der Waals surface area contributed by atoms with Gasteiger partial charge in [-0.15, -0.1) is 0 Å². The first kappa shape index (κ1) is 35.5. The van der Waals surface area contributed by atoms with Gasteiger partial charge in [0.2, 0.25) is 0 Å². The van der Waals surface area contributed by atoms with Crippen molar-refractivity contribution >= 4 is 46.8 Å². The molecule has 54 heavy (non-hydrogen) atoms. The van der Waals surface area contributed by atoms with Crippen molar-refractivity contribution in [3.8, 4) is 0 Å². The summed E-state index contributed by atoms with van der Waals surface area (Å²) >= 11 is 0. The maximum Gasteiger partial charge on any atom is 0.304 e. The summed E-state index contributed by atoms with van der Waals surface area (Å²) in [5.74, 6) is 2.92. The minimum Gasteiger partial charge on any atom is -0.428 e. The van der Waals surface area contributed by atoms with Gasteiger partial charge in [0, 0.05) is 0 Å². The molecular formula is C42H50N8O4. The van der Waals surface area contributed by atoms with Crippen molar-refractivity contribution in [2.24, 2.45) is 0 Å². The number of aromatic nitrogens is 4. The third kappa shape index (κ3) is 5.48. The van der Waals surface area contributed by atoms with Crippen LogP contribution in [-0.4, -0.2) is 32.3 Å². The third-order valence-corrected chi connectivity index (χ3v) is 10.9. The fraction of sp³-hybridized carbons (Fsp3) is 0.429. The van der Waals surface area contributed by atoms with Crippen molar-refractivity contribution in [1.82, 2.24) is 19.9 Å². The molecule has 0 saturated carbocycles. The molecule has 0 radical (unpaired) electrons. The Bertz CT molecular complexity index is 2170. The van der Waals surface area contributed by atoms with E-state index in [0.29, 0.717) is 24.1 Å². The SMILES string of the molecule is Cc1nc(N2c3ccc(C(C)(C)C)cc3N(c3nc(C)c(C)o3)C2C2N(c3nc(C)c(C)o3)c3ccc(C(C)(C)C)cc3N2c2nc(C)c(C)o2)oc1C. The first-order valence-electron chi connectivity index (χ1n) is 18.6. The van der Waals surface area contributed by atoms with Gasteiger partial charge < -0.3 is 17.7 Å². The highest BCUT2D eigenvalue weighted by Crippen LogP contribution is 2.56. The number of hydrogen-bond donors (Lipinski definition) is 0. The van der Waals surface area contributed by atoms with E-state index in [2.05, 4.69) is 97.5 Å². The summed E-state index contributed by atoms with van der Waals surface area (Å²) in [6, 6.07) is 14.9. The van der Waals surface area contributed by atoms with Crippen molar-refractivity contribution in [3.63, 3.8) is 0 Å². The summed E-state index contributed by atoms with van der Waals surface area (Å²) in [7, 11) is 0. The summed E-state index contributed by atoms with van der Waals surface area (Å²) in [5, 5.41) is 0. The molecule has 4 aromatic heterocycles. The lowest BCUT2D eigenvalue weighted by Gasteiger charge is -2.39. The molecule has 2 aliphatic heterocycles. The van der Waals surface area contributed by atoms with Crippen molar-refractivity contribution in [1.29, 1.82) is 0 Å². The molecule has 0 N–H and O–H groups in total. The van der Waals surface area contributed by atoms with Gasteiger partial charge in [-0.2, -0.15) is 19.9 Å². The smallest absolute Gasteiger partial charge is 0.304 e. The molecule has 0 fully saturated rings. The predicted octanol–water partition coefficient (Wildman–Crippen LogP) is 10.6. The maximum absolute atomic E-state index is 6.57. The number of benzene rings is 2. The summed E-state index contributed by atoms with van der Waals surface area (Å²) < 4.78 is 26.2. The highest BCUT2D eigenvalue weighted by molar-refractivity contribution is 5.91. The van der Waals surface area contributed by atoms with Crippen molar-refractivity contribution in [2.75, 3.05) is 19.6 Å². The van der Waals surface area contributed by atoms with Crippen LogP contribution in [-0.2, 0) is 10.8 Å². The molecule has 0 spiro atoms. The number of fused-ring (bicyclic) bond motifs is 2. The van der Waals surface area contributed by atoms with Gasteiger partial charge in [0.25, 0.3) is 0 Å². The molecule has 2 aromatic carbocycles. The Morgan fingerprint density at radius 2 is 0.667 bits per heavy atom. The van der Waals surface area contributed by atoms with Gasteiger partial charge >= 0.3 is 24.1 Å². The second-order valence-electron chi connectivity index (χ2n) is 16.8. The third-order valence-electron chi connectivity index (χ3n) is 10.9. The molecule has 12 heteroatoms. The number of rotatable bonds is 5. The standard InChI is InChI=1S/C42H50N8O4/c1-21-25(5)51-37(43-21)47-31-17-15-29(41(9,10)11)19-33(31)49(39-45-23(3)27(7)53-39)35(47)36-48(38-44-22(2)26(6)52-38)32-18-16-30(42(12,13)14)20-34(32)50(36)40-46-24(4)28(8)54-40/h15-20,35-36H,1-14H3. The van der Waals surface area contributed by atoms with E-state index in [4.69, 9.17) is 37.6 Å². The molecule has 8 rings (SSSR count). The van der Waals surface area contributed by atoms with Crippen LogP contribution >= 0.6 is 0 Å². The molecule has 0 bridgehead atoms. The van der Waals surface area contributed by atoms with Crippen LogP contribution in [0, 0.1) is 55.4 Å². The van der Waals surface area contributed by atoms with Gasteiger partial charge in [-0.1, -0.05) is 53.7 Å². The number of anilines is 8. The van der Waals surface area contributed by atoms with Gasteiger partial charge in [0.15, 0.2) is 12.3 Å². The number of hydrogen-bond acceptors (Lipinski definition) is 12. The highest BCUT2D eigenvalue weighted by Gasteiger charge is 2.56. The van der Waals surface area contributed by atoms with Gasteiger partial charge in [0.1, 0.15) is 23.0 Å². The van der Waals surface area contributed by atoms with E-state index in [1.807, 2.05) is 55.4 Å².